The first-order valence-corrected chi connectivity index (χ1v) is 10.6. The Morgan fingerprint density at radius 3 is 2.44 bits per heavy atom. The molecule has 1 aromatic heterocycles. The highest BCUT2D eigenvalue weighted by atomic mass is 35.5. The second kappa shape index (κ2) is 8.81. The molecule has 2 aromatic carbocycles. The van der Waals surface area contributed by atoms with Crippen LogP contribution in [0.5, 0.6) is 5.75 Å². The molecular formula is C21H22ClN3OS. The molecule has 0 spiro atoms. The van der Waals surface area contributed by atoms with Crippen LogP contribution in [0, 0.1) is 0 Å². The second-order valence-electron chi connectivity index (χ2n) is 6.69. The van der Waals surface area contributed by atoms with Crippen LogP contribution in [0.2, 0.25) is 5.02 Å². The SMILES string of the molecule is Clc1ccc(OCc2nnc(SC3CCCCC3)n2-c2ccccc2)cc1. The predicted octanol–water partition coefficient (Wildman–Crippen LogP) is 5.92. The molecule has 4 nitrogen and oxygen atoms in total. The van der Waals surface area contributed by atoms with E-state index < -0.39 is 0 Å². The van der Waals surface area contributed by atoms with Crippen LogP contribution >= 0.6 is 23.4 Å². The van der Waals surface area contributed by atoms with Crippen LogP contribution in [0.1, 0.15) is 37.9 Å². The second-order valence-corrected chi connectivity index (χ2v) is 8.39. The molecule has 0 amide bonds. The third-order valence-corrected chi connectivity index (χ3v) is 6.25. The molecule has 3 aromatic rings. The smallest absolute Gasteiger partial charge is 0.196 e. The maximum absolute atomic E-state index is 5.95. The Labute approximate surface area is 168 Å². The molecular weight excluding hydrogens is 378 g/mol. The van der Waals surface area contributed by atoms with Gasteiger partial charge in [-0.25, -0.2) is 0 Å². The van der Waals surface area contributed by atoms with E-state index in [1.54, 1.807) is 0 Å². The van der Waals surface area contributed by atoms with Crippen LogP contribution in [0.3, 0.4) is 0 Å². The zero-order valence-corrected chi connectivity index (χ0v) is 16.6. The fourth-order valence-corrected chi connectivity index (χ4v) is 4.71. The van der Waals surface area contributed by atoms with Gasteiger partial charge in [-0.15, -0.1) is 10.2 Å². The Morgan fingerprint density at radius 1 is 0.963 bits per heavy atom. The van der Waals surface area contributed by atoms with Gasteiger partial charge in [-0.2, -0.15) is 0 Å². The van der Waals surface area contributed by atoms with Gasteiger partial charge in [0.05, 0.1) is 0 Å². The quantitative estimate of drug-likeness (QED) is 0.515. The van der Waals surface area contributed by atoms with E-state index in [0.717, 1.165) is 22.4 Å². The molecule has 1 heterocycles. The van der Waals surface area contributed by atoms with Crippen molar-refractivity contribution in [3.05, 3.63) is 65.4 Å². The lowest BCUT2D eigenvalue weighted by Crippen LogP contribution is -2.11. The van der Waals surface area contributed by atoms with Gasteiger partial charge >= 0.3 is 0 Å². The summed E-state index contributed by atoms with van der Waals surface area (Å²) in [7, 11) is 0. The summed E-state index contributed by atoms with van der Waals surface area (Å²) in [6.45, 7) is 0.356. The minimum atomic E-state index is 0.356. The molecule has 0 bridgehead atoms. The van der Waals surface area contributed by atoms with E-state index in [2.05, 4.69) is 26.9 Å². The van der Waals surface area contributed by atoms with Crippen molar-refractivity contribution >= 4 is 23.4 Å². The Kier molecular flexibility index (Phi) is 6.00. The first kappa shape index (κ1) is 18.4. The van der Waals surface area contributed by atoms with Gasteiger partial charge in [-0.05, 0) is 49.2 Å². The molecule has 0 aliphatic heterocycles. The Bertz CT molecular complexity index is 861. The van der Waals surface area contributed by atoms with Crippen molar-refractivity contribution in [1.82, 2.24) is 14.8 Å². The largest absolute Gasteiger partial charge is 0.486 e. The molecule has 27 heavy (non-hydrogen) atoms. The Morgan fingerprint density at radius 2 is 1.70 bits per heavy atom. The monoisotopic (exact) mass is 399 g/mol. The Balaban J connectivity index is 1.57. The van der Waals surface area contributed by atoms with Gasteiger partial charge in [0.25, 0.3) is 0 Å². The summed E-state index contributed by atoms with van der Waals surface area (Å²) in [6, 6.07) is 17.6. The third-order valence-electron chi connectivity index (χ3n) is 4.72. The zero-order chi connectivity index (χ0) is 18.5. The predicted molar refractivity (Wildman–Crippen MR) is 110 cm³/mol. The molecule has 0 saturated heterocycles. The van der Waals surface area contributed by atoms with Gasteiger partial charge in [-0.1, -0.05) is 60.8 Å². The maximum Gasteiger partial charge on any atom is 0.196 e. The lowest BCUT2D eigenvalue weighted by atomic mass is 10.0. The van der Waals surface area contributed by atoms with Crippen molar-refractivity contribution in [2.75, 3.05) is 0 Å². The van der Waals surface area contributed by atoms with Crippen LogP contribution in [0.4, 0.5) is 0 Å². The standard InChI is InChI=1S/C21H22ClN3OS/c22-16-11-13-18(14-12-16)26-15-20-23-24-21(27-19-9-5-2-6-10-19)25(20)17-7-3-1-4-8-17/h1,3-4,7-8,11-14,19H,2,5-6,9-10,15H2. The number of para-hydroxylation sites is 1. The summed E-state index contributed by atoms with van der Waals surface area (Å²) in [4.78, 5) is 0. The number of ether oxygens (including phenoxy) is 1. The summed E-state index contributed by atoms with van der Waals surface area (Å²) in [6.07, 6.45) is 6.47. The summed E-state index contributed by atoms with van der Waals surface area (Å²) >= 11 is 7.79. The van der Waals surface area contributed by atoms with Gasteiger partial charge in [0.2, 0.25) is 0 Å². The van der Waals surface area contributed by atoms with E-state index in [-0.39, 0.29) is 0 Å². The first-order valence-electron chi connectivity index (χ1n) is 9.34. The number of halogens is 1. The van der Waals surface area contributed by atoms with E-state index in [9.17, 15) is 0 Å². The van der Waals surface area contributed by atoms with Gasteiger partial charge in [0.1, 0.15) is 12.4 Å². The highest BCUT2D eigenvalue weighted by Crippen LogP contribution is 2.34. The Hall–Kier alpha value is -1.98. The highest BCUT2D eigenvalue weighted by molar-refractivity contribution is 7.99. The first-order chi connectivity index (χ1) is 13.3. The summed E-state index contributed by atoms with van der Waals surface area (Å²) < 4.78 is 8.04. The summed E-state index contributed by atoms with van der Waals surface area (Å²) in [5, 5.41) is 11.2. The van der Waals surface area contributed by atoms with Crippen molar-refractivity contribution in [3.63, 3.8) is 0 Å². The van der Waals surface area contributed by atoms with Gasteiger partial charge < -0.3 is 4.74 Å². The minimum Gasteiger partial charge on any atom is -0.486 e. The number of aromatic nitrogens is 3. The van der Waals surface area contributed by atoms with E-state index >= 15 is 0 Å². The van der Waals surface area contributed by atoms with E-state index in [1.807, 2.05) is 54.2 Å². The van der Waals surface area contributed by atoms with Crippen molar-refractivity contribution in [2.45, 2.75) is 49.1 Å². The number of hydrogen-bond acceptors (Lipinski definition) is 4. The van der Waals surface area contributed by atoms with Gasteiger partial charge in [0, 0.05) is 16.0 Å². The van der Waals surface area contributed by atoms with E-state index in [1.165, 1.54) is 32.1 Å². The average molecular weight is 400 g/mol. The van der Waals surface area contributed by atoms with Crippen LogP contribution in [-0.2, 0) is 6.61 Å². The van der Waals surface area contributed by atoms with Crippen LogP contribution in [0.15, 0.2) is 59.8 Å². The molecule has 140 valence electrons. The van der Waals surface area contributed by atoms with Crippen LogP contribution < -0.4 is 4.74 Å². The molecule has 1 aliphatic rings. The number of thioether (sulfide) groups is 1. The molecule has 4 rings (SSSR count). The van der Waals surface area contributed by atoms with Crippen molar-refractivity contribution in [1.29, 1.82) is 0 Å². The van der Waals surface area contributed by atoms with Crippen LogP contribution in [0.25, 0.3) is 5.69 Å². The molecule has 1 fully saturated rings. The number of rotatable bonds is 6. The minimum absolute atomic E-state index is 0.356. The fraction of sp³-hybridized carbons (Fsp3) is 0.333. The molecule has 6 heteroatoms. The summed E-state index contributed by atoms with van der Waals surface area (Å²) in [5.74, 6) is 1.57. The topological polar surface area (TPSA) is 39.9 Å². The number of benzene rings is 2. The van der Waals surface area contributed by atoms with Crippen LogP contribution in [-0.4, -0.2) is 20.0 Å². The highest BCUT2D eigenvalue weighted by Gasteiger charge is 2.21. The zero-order valence-electron chi connectivity index (χ0n) is 15.1. The fourth-order valence-electron chi connectivity index (χ4n) is 3.32. The summed E-state index contributed by atoms with van der Waals surface area (Å²) in [5.41, 5.74) is 1.07. The molecule has 0 N–H and O–H groups in total. The van der Waals surface area contributed by atoms with Gasteiger partial charge in [0.15, 0.2) is 11.0 Å². The number of nitrogens with zero attached hydrogens (tertiary/aromatic N) is 3. The lowest BCUT2D eigenvalue weighted by molar-refractivity contribution is 0.293. The molecule has 1 saturated carbocycles. The molecule has 0 atom stereocenters. The van der Waals surface area contributed by atoms with E-state index in [0.29, 0.717) is 16.9 Å². The van der Waals surface area contributed by atoms with Crippen molar-refractivity contribution in [3.8, 4) is 11.4 Å². The third kappa shape index (κ3) is 4.66. The molecule has 1 aliphatic carbocycles. The van der Waals surface area contributed by atoms with E-state index in [4.69, 9.17) is 16.3 Å². The normalized spacial score (nSPS) is 15.0. The maximum atomic E-state index is 5.95. The average Bonchev–Trinajstić information content (AvgIpc) is 3.11. The lowest BCUT2D eigenvalue weighted by Gasteiger charge is -2.20. The van der Waals surface area contributed by atoms with Crippen molar-refractivity contribution in [2.24, 2.45) is 0 Å². The van der Waals surface area contributed by atoms with Crippen molar-refractivity contribution < 1.29 is 4.74 Å². The number of hydrogen-bond donors (Lipinski definition) is 0. The van der Waals surface area contributed by atoms with Gasteiger partial charge in [-0.3, -0.25) is 4.57 Å². The molecule has 0 radical (unpaired) electrons. The molecule has 0 unspecified atom stereocenters.